The van der Waals surface area contributed by atoms with Crippen LogP contribution in [0.2, 0.25) is 0 Å². The van der Waals surface area contributed by atoms with E-state index in [9.17, 15) is 14.3 Å². The first kappa shape index (κ1) is 25.2. The van der Waals surface area contributed by atoms with E-state index >= 15 is 4.39 Å². The third-order valence-corrected chi connectivity index (χ3v) is 5.73. The van der Waals surface area contributed by atoms with Crippen molar-refractivity contribution in [2.75, 3.05) is 13.2 Å². The molecule has 2 atom stereocenters. The normalized spacial score (nSPS) is 12.8. The van der Waals surface area contributed by atoms with Gasteiger partial charge in [0.2, 0.25) is 0 Å². The van der Waals surface area contributed by atoms with Crippen LogP contribution in [0.4, 0.5) is 8.78 Å². The Hall–Kier alpha value is -3.95. The summed E-state index contributed by atoms with van der Waals surface area (Å²) < 4.78 is 34.0. The summed E-state index contributed by atoms with van der Waals surface area (Å²) in [6, 6.07) is 16.4. The van der Waals surface area contributed by atoms with E-state index in [0.29, 0.717) is 35.7 Å². The SMILES string of the molecule is CCOC(CO)[C@@H](Cc1ccccn1)NC(=O)c1cccc(F)c1-c1cc(-c2ccc(F)cc2)n[nH]1. The number of nitrogens with zero attached hydrogens (tertiary/aromatic N) is 2. The average molecular weight is 493 g/mol. The lowest BCUT2D eigenvalue weighted by Gasteiger charge is -2.27. The van der Waals surface area contributed by atoms with Gasteiger partial charge in [-0.1, -0.05) is 12.1 Å². The number of amides is 1. The van der Waals surface area contributed by atoms with E-state index in [0.717, 1.165) is 0 Å². The standard InChI is InChI=1S/C27H26F2N4O3/c1-2-36-25(16-34)23(14-19-6-3-4-13-30-19)31-27(35)20-7-5-8-21(29)26(20)24-15-22(32-33-24)17-9-11-18(28)12-10-17/h3-13,15,23,25,34H,2,14,16H2,1H3,(H,31,35)(H,32,33)/t23-,25?/m1/s1. The Bertz CT molecular complexity index is 1300. The first-order valence-electron chi connectivity index (χ1n) is 11.5. The molecule has 2 aromatic heterocycles. The minimum Gasteiger partial charge on any atom is -0.394 e. The number of aromatic amines is 1. The number of carbonyl (C=O) groups excluding carboxylic acids is 1. The Balaban J connectivity index is 1.64. The highest BCUT2D eigenvalue weighted by Crippen LogP contribution is 2.29. The molecule has 2 aromatic carbocycles. The van der Waals surface area contributed by atoms with Gasteiger partial charge in [0.25, 0.3) is 5.91 Å². The molecule has 0 saturated carbocycles. The van der Waals surface area contributed by atoms with Crippen LogP contribution in [0, 0.1) is 11.6 Å². The van der Waals surface area contributed by atoms with Gasteiger partial charge in [-0.05, 0) is 61.5 Å². The highest BCUT2D eigenvalue weighted by molar-refractivity contribution is 6.01. The number of carbonyl (C=O) groups is 1. The molecule has 9 heteroatoms. The van der Waals surface area contributed by atoms with Crippen molar-refractivity contribution in [3.8, 4) is 22.5 Å². The van der Waals surface area contributed by atoms with E-state index in [-0.39, 0.29) is 23.6 Å². The topological polar surface area (TPSA) is 100 Å². The lowest BCUT2D eigenvalue weighted by atomic mass is 10.00. The van der Waals surface area contributed by atoms with Gasteiger partial charge in [-0.2, -0.15) is 5.10 Å². The van der Waals surface area contributed by atoms with E-state index in [2.05, 4.69) is 20.5 Å². The number of rotatable bonds is 10. The Kier molecular flexibility index (Phi) is 8.14. The Morgan fingerprint density at radius 2 is 1.92 bits per heavy atom. The molecule has 0 bridgehead atoms. The molecular weight excluding hydrogens is 466 g/mol. The summed E-state index contributed by atoms with van der Waals surface area (Å²) in [4.78, 5) is 17.7. The van der Waals surface area contributed by atoms with Gasteiger partial charge in [0.15, 0.2) is 0 Å². The van der Waals surface area contributed by atoms with Gasteiger partial charge < -0.3 is 15.2 Å². The van der Waals surface area contributed by atoms with Crippen LogP contribution in [0.5, 0.6) is 0 Å². The van der Waals surface area contributed by atoms with Gasteiger partial charge in [-0.15, -0.1) is 0 Å². The fourth-order valence-electron chi connectivity index (χ4n) is 3.98. The Labute approximate surface area is 207 Å². The number of pyridine rings is 1. The van der Waals surface area contributed by atoms with Crippen LogP contribution in [0.1, 0.15) is 23.0 Å². The number of aliphatic hydroxyl groups excluding tert-OH is 1. The molecule has 0 aliphatic carbocycles. The van der Waals surface area contributed by atoms with Crippen molar-refractivity contribution in [2.24, 2.45) is 0 Å². The molecule has 1 amide bonds. The van der Waals surface area contributed by atoms with Crippen molar-refractivity contribution in [1.29, 1.82) is 0 Å². The zero-order chi connectivity index (χ0) is 25.5. The second kappa shape index (κ2) is 11.7. The van der Waals surface area contributed by atoms with E-state index in [1.807, 2.05) is 12.1 Å². The van der Waals surface area contributed by atoms with Crippen molar-refractivity contribution >= 4 is 5.91 Å². The first-order chi connectivity index (χ1) is 17.5. The molecule has 0 spiro atoms. The third-order valence-electron chi connectivity index (χ3n) is 5.73. The monoisotopic (exact) mass is 492 g/mol. The van der Waals surface area contributed by atoms with Crippen molar-refractivity contribution < 1.29 is 23.4 Å². The predicted molar refractivity (Wildman–Crippen MR) is 131 cm³/mol. The number of halogens is 2. The van der Waals surface area contributed by atoms with Gasteiger partial charge in [0.05, 0.1) is 29.6 Å². The molecule has 3 N–H and O–H groups in total. The molecule has 4 rings (SSSR count). The molecule has 2 heterocycles. The highest BCUT2D eigenvalue weighted by Gasteiger charge is 2.27. The number of hydrogen-bond donors (Lipinski definition) is 3. The largest absolute Gasteiger partial charge is 0.394 e. The minimum atomic E-state index is -0.685. The van der Waals surface area contributed by atoms with E-state index in [4.69, 9.17) is 4.74 Å². The van der Waals surface area contributed by atoms with Gasteiger partial charge >= 0.3 is 0 Å². The molecule has 186 valence electrons. The Morgan fingerprint density at radius 1 is 1.11 bits per heavy atom. The predicted octanol–water partition coefficient (Wildman–Crippen LogP) is 4.16. The second-order valence-corrected chi connectivity index (χ2v) is 8.12. The zero-order valence-corrected chi connectivity index (χ0v) is 19.6. The molecule has 4 aromatic rings. The summed E-state index contributed by atoms with van der Waals surface area (Å²) in [5, 5.41) is 19.8. The molecule has 0 aliphatic rings. The van der Waals surface area contributed by atoms with E-state index in [1.54, 1.807) is 37.4 Å². The fraction of sp³-hybridized carbons (Fsp3) is 0.222. The average Bonchev–Trinajstić information content (AvgIpc) is 3.37. The molecule has 1 unspecified atom stereocenters. The summed E-state index contributed by atoms with van der Waals surface area (Å²) in [6.07, 6.45) is 1.27. The smallest absolute Gasteiger partial charge is 0.252 e. The summed E-state index contributed by atoms with van der Waals surface area (Å²) in [5.41, 5.74) is 2.25. The summed E-state index contributed by atoms with van der Waals surface area (Å²) in [5.74, 6) is -1.53. The number of H-pyrrole nitrogens is 1. The van der Waals surface area contributed by atoms with Crippen molar-refractivity contribution in [3.63, 3.8) is 0 Å². The minimum absolute atomic E-state index is 0.0457. The zero-order valence-electron chi connectivity index (χ0n) is 19.6. The quantitative estimate of drug-likeness (QED) is 0.309. The van der Waals surface area contributed by atoms with Crippen LogP contribution in [-0.2, 0) is 11.2 Å². The molecule has 7 nitrogen and oxygen atoms in total. The van der Waals surface area contributed by atoms with Gasteiger partial charge in [0.1, 0.15) is 17.7 Å². The summed E-state index contributed by atoms with van der Waals surface area (Å²) in [7, 11) is 0. The van der Waals surface area contributed by atoms with Crippen molar-refractivity contribution in [1.82, 2.24) is 20.5 Å². The van der Waals surface area contributed by atoms with Crippen LogP contribution in [0.25, 0.3) is 22.5 Å². The summed E-state index contributed by atoms with van der Waals surface area (Å²) in [6.45, 7) is 1.82. The van der Waals surface area contributed by atoms with Crippen molar-refractivity contribution in [3.05, 3.63) is 95.8 Å². The highest BCUT2D eigenvalue weighted by atomic mass is 19.1. The molecule has 0 saturated heterocycles. The van der Waals surface area contributed by atoms with Crippen LogP contribution in [-0.4, -0.2) is 51.6 Å². The van der Waals surface area contributed by atoms with E-state index < -0.39 is 23.9 Å². The Morgan fingerprint density at radius 3 is 2.61 bits per heavy atom. The first-order valence-corrected chi connectivity index (χ1v) is 11.5. The molecular formula is C27H26F2N4O3. The van der Waals surface area contributed by atoms with Crippen LogP contribution >= 0.6 is 0 Å². The molecule has 0 fully saturated rings. The number of ether oxygens (including phenoxy) is 1. The number of hydrogen-bond acceptors (Lipinski definition) is 5. The lowest BCUT2D eigenvalue weighted by molar-refractivity contribution is -0.00330. The van der Waals surface area contributed by atoms with Gasteiger partial charge in [-0.25, -0.2) is 8.78 Å². The number of benzene rings is 2. The number of aliphatic hydroxyl groups is 1. The number of aromatic nitrogens is 3. The van der Waals surface area contributed by atoms with Gasteiger partial charge in [-0.3, -0.25) is 14.9 Å². The fourth-order valence-corrected chi connectivity index (χ4v) is 3.98. The third kappa shape index (κ3) is 5.81. The van der Waals surface area contributed by atoms with Crippen LogP contribution < -0.4 is 5.32 Å². The van der Waals surface area contributed by atoms with Crippen molar-refractivity contribution in [2.45, 2.75) is 25.5 Å². The van der Waals surface area contributed by atoms with Crippen LogP contribution in [0.15, 0.2) is 72.9 Å². The molecule has 0 radical (unpaired) electrons. The maximum atomic E-state index is 15.0. The van der Waals surface area contributed by atoms with E-state index in [1.165, 1.54) is 30.3 Å². The van der Waals surface area contributed by atoms with Crippen LogP contribution in [0.3, 0.4) is 0 Å². The molecule has 0 aliphatic heterocycles. The maximum Gasteiger partial charge on any atom is 0.252 e. The maximum absolute atomic E-state index is 15.0. The summed E-state index contributed by atoms with van der Waals surface area (Å²) >= 11 is 0. The number of nitrogens with one attached hydrogen (secondary N) is 2. The second-order valence-electron chi connectivity index (χ2n) is 8.12. The molecule has 36 heavy (non-hydrogen) atoms. The van der Waals surface area contributed by atoms with Gasteiger partial charge in [0, 0.05) is 36.0 Å². The lowest BCUT2D eigenvalue weighted by Crippen LogP contribution is -2.48.